The zero-order chi connectivity index (χ0) is 21.6. The number of rotatable bonds is 6. The summed E-state index contributed by atoms with van der Waals surface area (Å²) in [7, 11) is 1.59. The van der Waals surface area contributed by atoms with Crippen molar-refractivity contribution in [1.82, 2.24) is 15.5 Å². The zero-order valence-electron chi connectivity index (χ0n) is 17.2. The average Bonchev–Trinajstić information content (AvgIpc) is 3.17. The summed E-state index contributed by atoms with van der Waals surface area (Å²) in [5.74, 6) is 0.591. The Balaban J connectivity index is 0.00000341. The standard InChI is InChI=1S/C22H25F3N4O.HI/c1-26-21(28-13-16-6-4-9-19(12-16)22(23,24)25)27-11-5-10-20(30)29-14-17-7-2-3-8-18(17)15-29;/h2-4,6-9,12H,5,10-11,13-15H2,1H3,(H2,26,27,28);1H. The van der Waals surface area contributed by atoms with Gasteiger partial charge in [-0.1, -0.05) is 36.4 Å². The van der Waals surface area contributed by atoms with Crippen molar-refractivity contribution in [2.45, 2.75) is 38.7 Å². The molecule has 0 spiro atoms. The van der Waals surface area contributed by atoms with Crippen molar-refractivity contribution in [3.63, 3.8) is 0 Å². The van der Waals surface area contributed by atoms with E-state index in [-0.39, 0.29) is 36.4 Å². The molecule has 0 bridgehead atoms. The highest BCUT2D eigenvalue weighted by Crippen LogP contribution is 2.29. The van der Waals surface area contributed by atoms with Crippen molar-refractivity contribution in [2.24, 2.45) is 4.99 Å². The van der Waals surface area contributed by atoms with Gasteiger partial charge in [0.05, 0.1) is 5.56 Å². The molecular weight excluding hydrogens is 520 g/mol. The molecular formula is C22H26F3IN4O. The van der Waals surface area contributed by atoms with Gasteiger partial charge in [-0.3, -0.25) is 9.79 Å². The monoisotopic (exact) mass is 546 g/mol. The van der Waals surface area contributed by atoms with Crippen molar-refractivity contribution in [3.8, 4) is 0 Å². The number of nitrogens with one attached hydrogen (secondary N) is 2. The summed E-state index contributed by atoms with van der Waals surface area (Å²) >= 11 is 0. The summed E-state index contributed by atoms with van der Waals surface area (Å²) < 4.78 is 38.4. The predicted molar refractivity (Wildman–Crippen MR) is 125 cm³/mol. The van der Waals surface area contributed by atoms with E-state index in [1.807, 2.05) is 29.2 Å². The first-order valence-corrected chi connectivity index (χ1v) is 9.82. The maximum atomic E-state index is 12.8. The van der Waals surface area contributed by atoms with Gasteiger partial charge in [0.15, 0.2) is 5.96 Å². The number of aliphatic imine (C=N–C) groups is 1. The van der Waals surface area contributed by atoms with E-state index in [1.165, 1.54) is 17.2 Å². The Labute approximate surface area is 197 Å². The molecule has 3 rings (SSSR count). The van der Waals surface area contributed by atoms with Crippen LogP contribution in [0.2, 0.25) is 0 Å². The minimum absolute atomic E-state index is 0. The van der Waals surface area contributed by atoms with Crippen molar-refractivity contribution < 1.29 is 18.0 Å². The predicted octanol–water partition coefficient (Wildman–Crippen LogP) is 4.31. The van der Waals surface area contributed by atoms with Gasteiger partial charge < -0.3 is 15.5 Å². The molecule has 1 aliphatic heterocycles. The normalized spacial score (nSPS) is 13.4. The van der Waals surface area contributed by atoms with E-state index in [2.05, 4.69) is 15.6 Å². The van der Waals surface area contributed by atoms with E-state index in [9.17, 15) is 18.0 Å². The van der Waals surface area contributed by atoms with Gasteiger partial charge in [0.25, 0.3) is 0 Å². The van der Waals surface area contributed by atoms with Crippen LogP contribution in [0.4, 0.5) is 13.2 Å². The molecule has 0 fully saturated rings. The van der Waals surface area contributed by atoms with E-state index in [0.29, 0.717) is 44.0 Å². The molecule has 2 aromatic rings. The third kappa shape index (κ3) is 7.12. The summed E-state index contributed by atoms with van der Waals surface area (Å²) in [4.78, 5) is 18.3. The van der Waals surface area contributed by atoms with Gasteiger partial charge >= 0.3 is 6.18 Å². The lowest BCUT2D eigenvalue weighted by Crippen LogP contribution is -2.37. The molecule has 1 heterocycles. The van der Waals surface area contributed by atoms with Crippen molar-refractivity contribution in [2.75, 3.05) is 13.6 Å². The molecule has 0 saturated carbocycles. The number of carbonyl (C=O) groups excluding carboxylic acids is 1. The Bertz CT molecular complexity index is 893. The van der Waals surface area contributed by atoms with E-state index in [0.717, 1.165) is 12.1 Å². The molecule has 0 atom stereocenters. The minimum Gasteiger partial charge on any atom is -0.356 e. The van der Waals surface area contributed by atoms with Gasteiger partial charge in [-0.25, -0.2) is 0 Å². The van der Waals surface area contributed by atoms with Crippen LogP contribution >= 0.6 is 24.0 Å². The Morgan fingerprint density at radius 2 is 1.74 bits per heavy atom. The molecule has 168 valence electrons. The van der Waals surface area contributed by atoms with Crippen LogP contribution in [0.15, 0.2) is 53.5 Å². The van der Waals surface area contributed by atoms with Gasteiger partial charge in [0.2, 0.25) is 5.91 Å². The largest absolute Gasteiger partial charge is 0.416 e. The number of hydrogen-bond donors (Lipinski definition) is 2. The van der Waals surface area contributed by atoms with Crippen LogP contribution in [-0.4, -0.2) is 30.4 Å². The lowest BCUT2D eigenvalue weighted by atomic mass is 10.1. The lowest BCUT2D eigenvalue weighted by molar-refractivity contribution is -0.137. The fourth-order valence-corrected chi connectivity index (χ4v) is 3.38. The summed E-state index contributed by atoms with van der Waals surface area (Å²) in [5.41, 5.74) is 2.23. The smallest absolute Gasteiger partial charge is 0.356 e. The number of alkyl halides is 3. The zero-order valence-corrected chi connectivity index (χ0v) is 19.5. The van der Waals surface area contributed by atoms with Crippen LogP contribution in [0, 0.1) is 0 Å². The van der Waals surface area contributed by atoms with Crippen molar-refractivity contribution in [1.29, 1.82) is 0 Å². The van der Waals surface area contributed by atoms with Crippen molar-refractivity contribution in [3.05, 3.63) is 70.8 Å². The number of amides is 1. The molecule has 0 aliphatic carbocycles. The Morgan fingerprint density at radius 3 is 2.35 bits per heavy atom. The molecule has 1 aliphatic rings. The molecule has 9 heteroatoms. The van der Waals surface area contributed by atoms with Crippen LogP contribution in [0.1, 0.15) is 35.1 Å². The highest BCUT2D eigenvalue weighted by atomic mass is 127. The van der Waals surface area contributed by atoms with Gasteiger partial charge in [-0.15, -0.1) is 24.0 Å². The Hall–Kier alpha value is -2.30. The molecule has 31 heavy (non-hydrogen) atoms. The molecule has 0 aromatic heterocycles. The maximum Gasteiger partial charge on any atom is 0.416 e. The molecule has 0 saturated heterocycles. The van der Waals surface area contributed by atoms with E-state index < -0.39 is 11.7 Å². The van der Waals surface area contributed by atoms with Gasteiger partial charge in [0, 0.05) is 39.6 Å². The summed E-state index contributed by atoms with van der Waals surface area (Å²) in [5, 5.41) is 6.09. The second kappa shape index (κ2) is 11.4. The third-order valence-electron chi connectivity index (χ3n) is 4.99. The van der Waals surface area contributed by atoms with E-state index >= 15 is 0 Å². The van der Waals surface area contributed by atoms with E-state index in [4.69, 9.17) is 0 Å². The lowest BCUT2D eigenvalue weighted by Gasteiger charge is -2.16. The first-order chi connectivity index (χ1) is 14.4. The molecule has 5 nitrogen and oxygen atoms in total. The van der Waals surface area contributed by atoms with Crippen LogP contribution in [-0.2, 0) is 30.6 Å². The van der Waals surface area contributed by atoms with Gasteiger partial charge in [-0.05, 0) is 35.2 Å². The maximum absolute atomic E-state index is 12.8. The number of nitrogens with zero attached hydrogens (tertiary/aromatic N) is 2. The van der Waals surface area contributed by atoms with Crippen LogP contribution in [0.5, 0.6) is 0 Å². The highest BCUT2D eigenvalue weighted by Gasteiger charge is 2.30. The number of benzene rings is 2. The second-order valence-corrected chi connectivity index (χ2v) is 7.17. The summed E-state index contributed by atoms with van der Waals surface area (Å²) in [6, 6.07) is 13.2. The molecule has 0 unspecified atom stereocenters. The minimum atomic E-state index is -4.36. The van der Waals surface area contributed by atoms with Gasteiger partial charge in [-0.2, -0.15) is 13.2 Å². The first kappa shape index (κ1) is 25.0. The number of hydrogen-bond acceptors (Lipinski definition) is 2. The Kier molecular flexibility index (Phi) is 9.15. The summed E-state index contributed by atoms with van der Waals surface area (Å²) in [6.45, 7) is 2.06. The fourth-order valence-electron chi connectivity index (χ4n) is 3.38. The van der Waals surface area contributed by atoms with E-state index in [1.54, 1.807) is 13.1 Å². The second-order valence-electron chi connectivity index (χ2n) is 7.17. The molecule has 2 aromatic carbocycles. The fraction of sp³-hybridized carbons (Fsp3) is 0.364. The number of fused-ring (bicyclic) bond motifs is 1. The number of carbonyl (C=O) groups is 1. The number of guanidine groups is 1. The molecule has 0 radical (unpaired) electrons. The number of halogens is 4. The first-order valence-electron chi connectivity index (χ1n) is 9.82. The average molecular weight is 546 g/mol. The van der Waals surface area contributed by atoms with Crippen LogP contribution < -0.4 is 10.6 Å². The third-order valence-corrected chi connectivity index (χ3v) is 4.99. The SMILES string of the molecule is CN=C(NCCCC(=O)N1Cc2ccccc2C1)NCc1cccc(C(F)(F)F)c1.I. The molecule has 1 amide bonds. The van der Waals surface area contributed by atoms with Gasteiger partial charge in [0.1, 0.15) is 0 Å². The summed E-state index contributed by atoms with van der Waals surface area (Å²) in [6.07, 6.45) is -3.30. The van der Waals surface area contributed by atoms with Crippen molar-refractivity contribution >= 4 is 35.8 Å². The van der Waals surface area contributed by atoms with Crippen LogP contribution in [0.3, 0.4) is 0 Å². The van der Waals surface area contributed by atoms with Crippen LogP contribution in [0.25, 0.3) is 0 Å². The quantitative estimate of drug-likeness (QED) is 0.246. The highest BCUT2D eigenvalue weighted by molar-refractivity contribution is 14.0. The topological polar surface area (TPSA) is 56.7 Å². The Morgan fingerprint density at radius 1 is 1.06 bits per heavy atom. The molecule has 2 N–H and O–H groups in total.